The van der Waals surface area contributed by atoms with Gasteiger partial charge in [0, 0.05) is 24.9 Å². The molecule has 9 heteroatoms. The first-order valence-corrected chi connectivity index (χ1v) is 6.91. The van der Waals surface area contributed by atoms with E-state index in [9.17, 15) is 22.4 Å². The Balaban J connectivity index is 1.94. The quantitative estimate of drug-likeness (QED) is 0.785. The second kappa shape index (κ2) is 7.43. The third kappa shape index (κ3) is 4.79. The topological polar surface area (TPSA) is 56.2 Å². The molecule has 0 aliphatic carbocycles. The molecule has 1 aromatic heterocycles. The number of benzene rings is 1. The van der Waals surface area contributed by atoms with Gasteiger partial charge in [-0.25, -0.2) is 8.78 Å². The number of halogens is 4. The number of alkyl halides is 4. The summed E-state index contributed by atoms with van der Waals surface area (Å²) in [6.07, 6.45) is -2.13. The average molecular weight is 345 g/mol. The van der Waals surface area contributed by atoms with Crippen LogP contribution in [0.15, 0.2) is 36.5 Å². The predicted octanol–water partition coefficient (Wildman–Crippen LogP) is 3.09. The number of hydrogen-bond acceptors (Lipinski definition) is 3. The molecule has 24 heavy (non-hydrogen) atoms. The van der Waals surface area contributed by atoms with E-state index in [1.807, 2.05) is 0 Å². The first-order chi connectivity index (χ1) is 11.3. The molecule has 0 fully saturated rings. The number of nitrogens with one attached hydrogen (secondary N) is 1. The van der Waals surface area contributed by atoms with Crippen LogP contribution in [-0.2, 0) is 18.4 Å². The van der Waals surface area contributed by atoms with Crippen LogP contribution in [0.25, 0.3) is 0 Å². The zero-order valence-electron chi connectivity index (χ0n) is 12.7. The first-order valence-electron chi connectivity index (χ1n) is 6.91. The van der Waals surface area contributed by atoms with Crippen molar-refractivity contribution in [3.8, 4) is 0 Å². The Labute approximate surface area is 135 Å². The summed E-state index contributed by atoms with van der Waals surface area (Å²) in [6.45, 7) is -1.71. The van der Waals surface area contributed by atoms with Gasteiger partial charge in [0.2, 0.25) is 0 Å². The van der Waals surface area contributed by atoms with Crippen LogP contribution >= 0.6 is 0 Å². The second-order valence-corrected chi connectivity index (χ2v) is 5.08. The molecular weight excluding hydrogens is 330 g/mol. The Bertz CT molecular complexity index is 704. The van der Waals surface area contributed by atoms with Crippen LogP contribution in [0.1, 0.15) is 15.9 Å². The molecule has 2 rings (SSSR count). The summed E-state index contributed by atoms with van der Waals surface area (Å²) < 4.78 is 55.7. The predicted molar refractivity (Wildman–Crippen MR) is 78.2 cm³/mol. The zero-order valence-corrected chi connectivity index (χ0v) is 12.7. The van der Waals surface area contributed by atoms with Crippen molar-refractivity contribution in [2.24, 2.45) is 7.05 Å². The molecule has 1 aromatic carbocycles. The average Bonchev–Trinajstić information content (AvgIpc) is 2.92. The summed E-state index contributed by atoms with van der Waals surface area (Å²) in [5.41, 5.74) is 0.677. The molecule has 0 aliphatic rings. The van der Waals surface area contributed by atoms with Gasteiger partial charge in [-0.1, -0.05) is 12.1 Å². The van der Waals surface area contributed by atoms with E-state index >= 15 is 0 Å². The highest BCUT2D eigenvalue weighted by atomic mass is 19.3. The molecule has 5 nitrogen and oxygen atoms in total. The number of anilines is 1. The minimum absolute atomic E-state index is 0.266. The van der Waals surface area contributed by atoms with Gasteiger partial charge < -0.3 is 10.1 Å². The van der Waals surface area contributed by atoms with E-state index < -0.39 is 24.9 Å². The van der Waals surface area contributed by atoms with Crippen molar-refractivity contribution in [3.05, 3.63) is 47.7 Å². The fraction of sp³-hybridized carbons (Fsp3) is 0.333. The molecule has 1 heterocycles. The molecule has 0 bridgehead atoms. The standard InChI is InChI=1S/C15H15F4N3O2/c1-22-6-5-12(21-22)20-13(23)11-4-2-3-10(7-11)8-24-9-15(18,19)14(16)17/h2-7,14H,8-9H2,1H3,(H,20,21,23). The fourth-order valence-corrected chi connectivity index (χ4v) is 1.84. The Kier molecular flexibility index (Phi) is 5.55. The van der Waals surface area contributed by atoms with E-state index in [1.54, 1.807) is 19.3 Å². The molecule has 0 spiro atoms. The van der Waals surface area contributed by atoms with Gasteiger partial charge in [-0.05, 0) is 17.7 Å². The summed E-state index contributed by atoms with van der Waals surface area (Å²) in [7, 11) is 1.70. The van der Waals surface area contributed by atoms with Gasteiger partial charge in [-0.15, -0.1) is 0 Å². The number of carbonyl (C=O) groups excluding carboxylic acids is 1. The molecule has 0 unspecified atom stereocenters. The molecule has 0 radical (unpaired) electrons. The van der Waals surface area contributed by atoms with Gasteiger partial charge in [-0.3, -0.25) is 9.48 Å². The number of hydrogen-bond donors (Lipinski definition) is 1. The SMILES string of the molecule is Cn1ccc(NC(=O)c2cccc(COCC(F)(F)C(F)F)c2)n1. The Morgan fingerprint density at radius 1 is 1.38 bits per heavy atom. The largest absolute Gasteiger partial charge is 0.370 e. The summed E-state index contributed by atoms with van der Waals surface area (Å²) in [4.78, 5) is 12.1. The van der Waals surface area contributed by atoms with E-state index in [4.69, 9.17) is 0 Å². The number of ether oxygens (including phenoxy) is 1. The maximum Gasteiger partial charge on any atom is 0.330 e. The highest BCUT2D eigenvalue weighted by Crippen LogP contribution is 2.23. The monoisotopic (exact) mass is 345 g/mol. The number of rotatable bonds is 7. The van der Waals surface area contributed by atoms with Crippen molar-refractivity contribution >= 4 is 11.7 Å². The maximum atomic E-state index is 12.8. The van der Waals surface area contributed by atoms with E-state index in [1.165, 1.54) is 28.9 Å². The third-order valence-corrected chi connectivity index (χ3v) is 3.03. The van der Waals surface area contributed by atoms with Gasteiger partial charge in [0.15, 0.2) is 5.82 Å². The smallest absolute Gasteiger partial charge is 0.330 e. The second-order valence-electron chi connectivity index (χ2n) is 5.08. The van der Waals surface area contributed by atoms with Crippen molar-refractivity contribution in [3.63, 3.8) is 0 Å². The van der Waals surface area contributed by atoms with Gasteiger partial charge in [-0.2, -0.15) is 13.9 Å². The molecule has 0 aliphatic heterocycles. The minimum atomic E-state index is -4.20. The zero-order chi connectivity index (χ0) is 17.7. The molecule has 0 saturated carbocycles. The van der Waals surface area contributed by atoms with Gasteiger partial charge in [0.1, 0.15) is 6.61 Å². The minimum Gasteiger partial charge on any atom is -0.370 e. The Morgan fingerprint density at radius 2 is 2.12 bits per heavy atom. The highest BCUT2D eigenvalue weighted by Gasteiger charge is 2.40. The highest BCUT2D eigenvalue weighted by molar-refractivity contribution is 6.03. The molecule has 1 N–H and O–H groups in total. The summed E-state index contributed by atoms with van der Waals surface area (Å²) in [6, 6.07) is 7.64. The first kappa shape index (κ1) is 17.9. The molecule has 0 atom stereocenters. The lowest BCUT2D eigenvalue weighted by atomic mass is 10.1. The van der Waals surface area contributed by atoms with Crippen LogP contribution in [0, 0.1) is 0 Å². The lowest BCUT2D eigenvalue weighted by Crippen LogP contribution is -2.32. The summed E-state index contributed by atoms with van der Waals surface area (Å²) in [5.74, 6) is -4.28. The number of amides is 1. The molecule has 1 amide bonds. The Morgan fingerprint density at radius 3 is 2.75 bits per heavy atom. The van der Waals surface area contributed by atoms with Gasteiger partial charge in [0.05, 0.1) is 6.61 Å². The Hall–Kier alpha value is -2.42. The van der Waals surface area contributed by atoms with Gasteiger partial charge in [0.25, 0.3) is 5.91 Å². The number of aromatic nitrogens is 2. The fourth-order valence-electron chi connectivity index (χ4n) is 1.84. The van der Waals surface area contributed by atoms with Crippen LogP contribution in [-0.4, -0.2) is 34.6 Å². The molecule has 2 aromatic rings. The normalized spacial score (nSPS) is 11.8. The maximum absolute atomic E-state index is 12.8. The lowest BCUT2D eigenvalue weighted by Gasteiger charge is -2.15. The van der Waals surface area contributed by atoms with Crippen molar-refractivity contribution in [2.75, 3.05) is 11.9 Å². The van der Waals surface area contributed by atoms with Crippen molar-refractivity contribution in [1.82, 2.24) is 9.78 Å². The number of carbonyl (C=O) groups is 1. The van der Waals surface area contributed by atoms with Crippen molar-refractivity contribution in [1.29, 1.82) is 0 Å². The van der Waals surface area contributed by atoms with Crippen LogP contribution in [0.2, 0.25) is 0 Å². The molecule has 0 saturated heterocycles. The number of nitrogens with zero attached hydrogens (tertiary/aromatic N) is 2. The molecular formula is C15H15F4N3O2. The van der Waals surface area contributed by atoms with Crippen LogP contribution in [0.5, 0.6) is 0 Å². The van der Waals surface area contributed by atoms with Crippen molar-refractivity contribution < 1.29 is 27.1 Å². The third-order valence-electron chi connectivity index (χ3n) is 3.03. The van der Waals surface area contributed by atoms with E-state index in [2.05, 4.69) is 15.2 Å². The van der Waals surface area contributed by atoms with Crippen molar-refractivity contribution in [2.45, 2.75) is 19.0 Å². The lowest BCUT2D eigenvalue weighted by molar-refractivity contribution is -0.168. The summed E-state index contributed by atoms with van der Waals surface area (Å²) >= 11 is 0. The van der Waals surface area contributed by atoms with E-state index in [0.29, 0.717) is 11.4 Å². The van der Waals surface area contributed by atoms with Crippen LogP contribution in [0.3, 0.4) is 0 Å². The van der Waals surface area contributed by atoms with Gasteiger partial charge >= 0.3 is 12.3 Å². The molecule has 130 valence electrons. The van der Waals surface area contributed by atoms with E-state index in [-0.39, 0.29) is 12.2 Å². The van der Waals surface area contributed by atoms with Crippen LogP contribution in [0.4, 0.5) is 23.4 Å². The summed E-state index contributed by atoms with van der Waals surface area (Å²) in [5, 5.41) is 6.57. The van der Waals surface area contributed by atoms with Crippen LogP contribution < -0.4 is 5.32 Å². The number of aryl methyl sites for hydroxylation is 1. The van der Waals surface area contributed by atoms with E-state index in [0.717, 1.165) is 0 Å².